The van der Waals surface area contributed by atoms with E-state index in [1.165, 1.54) is 5.56 Å². The topological polar surface area (TPSA) is 52.0 Å². The molecule has 1 aromatic heterocycles. The smallest absolute Gasteiger partial charge is 0.256 e. The molecule has 4 heteroatoms. The fourth-order valence-corrected chi connectivity index (χ4v) is 2.40. The number of rotatable bonds is 3. The summed E-state index contributed by atoms with van der Waals surface area (Å²) < 4.78 is 5.54. The van der Waals surface area contributed by atoms with Crippen molar-refractivity contribution in [3.63, 3.8) is 0 Å². The highest BCUT2D eigenvalue weighted by molar-refractivity contribution is 7.98. The van der Waals surface area contributed by atoms with Crippen LogP contribution in [0.3, 0.4) is 0 Å². The Morgan fingerprint density at radius 1 is 1.37 bits per heavy atom. The maximum Gasteiger partial charge on any atom is 0.256 e. The van der Waals surface area contributed by atoms with Gasteiger partial charge in [-0.05, 0) is 31.5 Å². The predicted octanol–water partition coefficient (Wildman–Crippen LogP) is 2.89. The highest BCUT2D eigenvalue weighted by Crippen LogP contribution is 2.24. The van der Waals surface area contributed by atoms with E-state index in [2.05, 4.69) is 29.0 Å². The van der Waals surface area contributed by atoms with E-state index in [4.69, 9.17) is 10.2 Å². The molecule has 2 N–H and O–H groups in total. The van der Waals surface area contributed by atoms with Gasteiger partial charge in [0.2, 0.25) is 0 Å². The molecule has 0 amide bonds. The molecule has 0 bridgehead atoms. The van der Waals surface area contributed by atoms with Gasteiger partial charge < -0.3 is 10.2 Å². The number of oxazole rings is 1. The van der Waals surface area contributed by atoms with Gasteiger partial charge in [-0.1, -0.05) is 35.7 Å². The summed E-state index contributed by atoms with van der Waals surface area (Å²) >= 11 is 1.59. The molecule has 0 fully saturated rings. The van der Waals surface area contributed by atoms with Crippen LogP contribution in [0.15, 0.2) is 33.9 Å². The Kier molecular flexibility index (Phi) is 4.67. The molecule has 98 valence electrons. The molecule has 2 aromatic rings. The number of nitrogens with two attached hydrogens (primary N) is 1. The zero-order chi connectivity index (χ0) is 13.7. The second kappa shape index (κ2) is 6.46. The molecule has 0 unspecified atom stereocenters. The molecule has 0 spiro atoms. The van der Waals surface area contributed by atoms with E-state index >= 15 is 0 Å². The molecule has 0 saturated heterocycles. The summed E-state index contributed by atoms with van der Waals surface area (Å²) in [6, 6.07) is 8.13. The van der Waals surface area contributed by atoms with Crippen LogP contribution in [0, 0.1) is 25.7 Å². The monoisotopic (exact) mass is 272 g/mol. The van der Waals surface area contributed by atoms with Crippen LogP contribution in [-0.2, 0) is 5.75 Å². The Bertz CT molecular complexity index is 603. The molecule has 1 aromatic carbocycles. The molecular weight excluding hydrogens is 256 g/mol. The van der Waals surface area contributed by atoms with E-state index in [0.717, 1.165) is 22.8 Å². The van der Waals surface area contributed by atoms with Crippen molar-refractivity contribution >= 4 is 11.8 Å². The standard InChI is InChI=1S/C15H16N2OS/c1-11-12(2)18-15(17-11)19-10-14-6-3-5-13(9-14)7-4-8-16/h3,5-6,9H,8,10,16H2,1-2H3. The second-order valence-corrected chi connectivity index (χ2v) is 5.04. The Labute approximate surface area is 117 Å². The average molecular weight is 272 g/mol. The number of hydrogen-bond donors (Lipinski definition) is 1. The summed E-state index contributed by atoms with van der Waals surface area (Å²) in [5.74, 6) is 7.59. The van der Waals surface area contributed by atoms with E-state index in [9.17, 15) is 0 Å². The maximum atomic E-state index is 5.54. The van der Waals surface area contributed by atoms with Crippen molar-refractivity contribution in [2.24, 2.45) is 5.73 Å². The molecule has 19 heavy (non-hydrogen) atoms. The van der Waals surface area contributed by atoms with Crippen LogP contribution in [-0.4, -0.2) is 11.5 Å². The van der Waals surface area contributed by atoms with Crippen molar-refractivity contribution in [3.8, 4) is 11.8 Å². The number of aryl methyl sites for hydroxylation is 2. The van der Waals surface area contributed by atoms with Gasteiger partial charge in [-0.25, -0.2) is 4.98 Å². The van der Waals surface area contributed by atoms with Crippen molar-refractivity contribution in [3.05, 3.63) is 46.8 Å². The van der Waals surface area contributed by atoms with E-state index in [1.807, 2.05) is 26.0 Å². The van der Waals surface area contributed by atoms with E-state index < -0.39 is 0 Å². The van der Waals surface area contributed by atoms with Crippen molar-refractivity contribution in [2.45, 2.75) is 24.8 Å². The summed E-state index contributed by atoms with van der Waals surface area (Å²) in [4.78, 5) is 4.35. The molecule has 0 aliphatic carbocycles. The van der Waals surface area contributed by atoms with Crippen LogP contribution in [0.5, 0.6) is 0 Å². The van der Waals surface area contributed by atoms with Gasteiger partial charge in [0.15, 0.2) is 0 Å². The molecule has 2 rings (SSSR count). The number of hydrogen-bond acceptors (Lipinski definition) is 4. The van der Waals surface area contributed by atoms with Gasteiger partial charge >= 0.3 is 0 Å². The van der Waals surface area contributed by atoms with Crippen molar-refractivity contribution < 1.29 is 4.42 Å². The van der Waals surface area contributed by atoms with Crippen LogP contribution >= 0.6 is 11.8 Å². The summed E-state index contributed by atoms with van der Waals surface area (Å²) in [7, 11) is 0. The van der Waals surface area contributed by atoms with Crippen LogP contribution < -0.4 is 5.73 Å². The highest BCUT2D eigenvalue weighted by Gasteiger charge is 2.06. The van der Waals surface area contributed by atoms with Crippen LogP contribution in [0.4, 0.5) is 0 Å². The van der Waals surface area contributed by atoms with Crippen LogP contribution in [0.1, 0.15) is 22.6 Å². The van der Waals surface area contributed by atoms with Crippen molar-refractivity contribution in [2.75, 3.05) is 6.54 Å². The number of nitrogens with zero attached hydrogens (tertiary/aromatic N) is 1. The van der Waals surface area contributed by atoms with Gasteiger partial charge in [-0.15, -0.1) is 0 Å². The Morgan fingerprint density at radius 3 is 2.89 bits per heavy atom. The van der Waals surface area contributed by atoms with Gasteiger partial charge in [-0.2, -0.15) is 0 Å². The molecule has 0 atom stereocenters. The molecule has 0 aliphatic heterocycles. The lowest BCUT2D eigenvalue weighted by molar-refractivity contribution is 0.431. The quantitative estimate of drug-likeness (QED) is 0.689. The average Bonchev–Trinajstić information content (AvgIpc) is 2.74. The third kappa shape index (κ3) is 3.88. The second-order valence-electron chi connectivity index (χ2n) is 4.12. The molecule has 3 nitrogen and oxygen atoms in total. The molecule has 0 aliphatic rings. The fraction of sp³-hybridized carbons (Fsp3) is 0.267. The maximum absolute atomic E-state index is 5.54. The summed E-state index contributed by atoms with van der Waals surface area (Å²) in [5, 5.41) is 0.716. The van der Waals surface area contributed by atoms with E-state index in [-0.39, 0.29) is 0 Å². The van der Waals surface area contributed by atoms with Gasteiger partial charge in [0.25, 0.3) is 5.22 Å². The third-order valence-electron chi connectivity index (χ3n) is 2.63. The lowest BCUT2D eigenvalue weighted by Gasteiger charge is -1.99. The predicted molar refractivity (Wildman–Crippen MR) is 77.9 cm³/mol. The lowest BCUT2D eigenvalue weighted by Crippen LogP contribution is -1.93. The fourth-order valence-electron chi connectivity index (χ4n) is 1.54. The van der Waals surface area contributed by atoms with Gasteiger partial charge in [0.1, 0.15) is 5.76 Å². The Hall–Kier alpha value is -1.70. The normalized spacial score (nSPS) is 10.1. The van der Waals surface area contributed by atoms with Crippen molar-refractivity contribution in [1.29, 1.82) is 0 Å². The van der Waals surface area contributed by atoms with Crippen LogP contribution in [0.2, 0.25) is 0 Å². The first-order chi connectivity index (χ1) is 9.19. The minimum Gasteiger partial charge on any atom is -0.437 e. The Morgan fingerprint density at radius 2 is 2.21 bits per heavy atom. The first-order valence-electron chi connectivity index (χ1n) is 6.03. The molecule has 0 saturated carbocycles. The minimum absolute atomic E-state index is 0.383. The van der Waals surface area contributed by atoms with Crippen molar-refractivity contribution in [1.82, 2.24) is 4.98 Å². The summed E-state index contributed by atoms with van der Waals surface area (Å²) in [6.45, 7) is 4.26. The Balaban J connectivity index is 2.03. The SMILES string of the molecule is Cc1nc(SCc2cccc(C#CCN)c2)oc1C. The lowest BCUT2D eigenvalue weighted by atomic mass is 10.1. The van der Waals surface area contributed by atoms with E-state index in [1.54, 1.807) is 11.8 Å². The third-order valence-corrected chi connectivity index (χ3v) is 3.53. The first-order valence-corrected chi connectivity index (χ1v) is 7.02. The first kappa shape index (κ1) is 13.7. The summed E-state index contributed by atoms with van der Waals surface area (Å²) in [6.07, 6.45) is 0. The number of benzene rings is 1. The molecule has 0 radical (unpaired) electrons. The summed E-state index contributed by atoms with van der Waals surface area (Å²) in [5.41, 5.74) is 8.50. The molecule has 1 heterocycles. The number of thioether (sulfide) groups is 1. The zero-order valence-electron chi connectivity index (χ0n) is 11.1. The van der Waals surface area contributed by atoms with E-state index in [0.29, 0.717) is 11.8 Å². The van der Waals surface area contributed by atoms with Crippen LogP contribution in [0.25, 0.3) is 0 Å². The zero-order valence-corrected chi connectivity index (χ0v) is 11.9. The van der Waals surface area contributed by atoms with Gasteiger partial charge in [0, 0.05) is 11.3 Å². The molecular formula is C15H16N2OS. The highest BCUT2D eigenvalue weighted by atomic mass is 32.2. The minimum atomic E-state index is 0.383. The van der Waals surface area contributed by atoms with Gasteiger partial charge in [0.05, 0.1) is 12.2 Å². The largest absolute Gasteiger partial charge is 0.437 e. The number of aromatic nitrogens is 1. The van der Waals surface area contributed by atoms with Gasteiger partial charge in [-0.3, -0.25) is 0 Å².